The first-order valence-electron chi connectivity index (χ1n) is 6.31. The molecule has 3 aromatic rings. The van der Waals surface area contributed by atoms with Gasteiger partial charge in [-0.1, -0.05) is 17.3 Å². The minimum atomic E-state index is 0.0536. The van der Waals surface area contributed by atoms with Gasteiger partial charge in [-0.15, -0.1) is 0 Å². The number of hydrogen-bond donors (Lipinski definition) is 2. The summed E-state index contributed by atoms with van der Waals surface area (Å²) in [5, 5.41) is 16.2. The summed E-state index contributed by atoms with van der Waals surface area (Å²) in [6.07, 6.45) is 5.17. The van der Waals surface area contributed by atoms with E-state index in [4.69, 9.17) is 10.9 Å². The summed E-state index contributed by atoms with van der Waals surface area (Å²) in [6, 6.07) is 9.27. The van der Waals surface area contributed by atoms with Crippen molar-refractivity contribution in [3.05, 3.63) is 54.5 Å². The Morgan fingerprint density at radius 2 is 2.10 bits per heavy atom. The Kier molecular flexibility index (Phi) is 3.15. The molecule has 0 bridgehead atoms. The third kappa shape index (κ3) is 2.14. The van der Waals surface area contributed by atoms with Crippen LogP contribution in [-0.4, -0.2) is 32.7 Å². The lowest BCUT2D eigenvalue weighted by molar-refractivity contribution is 0.318. The summed E-state index contributed by atoms with van der Waals surface area (Å²) in [7, 11) is 1.87. The maximum atomic E-state index is 8.92. The molecule has 0 atom stereocenters. The van der Waals surface area contributed by atoms with E-state index in [2.05, 4.69) is 15.2 Å². The van der Waals surface area contributed by atoms with E-state index >= 15 is 0 Å². The highest BCUT2D eigenvalue weighted by atomic mass is 16.4. The van der Waals surface area contributed by atoms with Gasteiger partial charge in [0.25, 0.3) is 0 Å². The summed E-state index contributed by atoms with van der Waals surface area (Å²) in [6.45, 7) is 0. The van der Waals surface area contributed by atoms with Crippen molar-refractivity contribution < 1.29 is 5.21 Å². The molecule has 0 aliphatic heterocycles. The molecule has 0 saturated carbocycles. The van der Waals surface area contributed by atoms with Gasteiger partial charge in [-0.2, -0.15) is 5.10 Å². The van der Waals surface area contributed by atoms with E-state index in [-0.39, 0.29) is 5.84 Å². The number of hydrogen-bond acceptors (Lipinski definition) is 5. The van der Waals surface area contributed by atoms with Gasteiger partial charge in [-0.3, -0.25) is 0 Å². The third-order valence-electron chi connectivity index (χ3n) is 3.27. The SMILES string of the molecule is CN(c1ccccc1/C(N)=N/O)c1nccn2nccc12. The second-order valence-electron chi connectivity index (χ2n) is 4.47. The highest BCUT2D eigenvalue weighted by molar-refractivity contribution is 6.03. The zero-order valence-electron chi connectivity index (χ0n) is 11.4. The molecule has 1 aromatic carbocycles. The number of benzene rings is 1. The third-order valence-corrected chi connectivity index (χ3v) is 3.27. The minimum Gasteiger partial charge on any atom is -0.409 e. The van der Waals surface area contributed by atoms with E-state index in [9.17, 15) is 0 Å². The van der Waals surface area contributed by atoms with Crippen LogP contribution < -0.4 is 10.6 Å². The molecule has 7 heteroatoms. The topological polar surface area (TPSA) is 92.0 Å². The molecule has 0 aliphatic carbocycles. The first-order chi connectivity index (χ1) is 10.2. The largest absolute Gasteiger partial charge is 0.409 e. The van der Waals surface area contributed by atoms with Crippen LogP contribution in [0.1, 0.15) is 5.56 Å². The molecular weight excluding hydrogens is 268 g/mol. The standard InChI is InChI=1S/C14H14N6O/c1-19(11-5-3-2-4-10(11)13(15)18-21)14-12-6-7-17-20(12)9-8-16-14/h2-9,21H,1H3,(H2,15,18). The monoisotopic (exact) mass is 282 g/mol. The molecule has 0 unspecified atom stereocenters. The predicted octanol–water partition coefficient (Wildman–Crippen LogP) is 1.59. The fourth-order valence-corrected chi connectivity index (χ4v) is 2.25. The summed E-state index contributed by atoms with van der Waals surface area (Å²) in [5.74, 6) is 0.783. The van der Waals surface area contributed by atoms with Gasteiger partial charge in [0.1, 0.15) is 5.52 Å². The van der Waals surface area contributed by atoms with Gasteiger partial charge in [0.15, 0.2) is 11.7 Å². The number of anilines is 2. The van der Waals surface area contributed by atoms with Gasteiger partial charge in [-0.25, -0.2) is 9.50 Å². The Balaban J connectivity index is 2.15. The van der Waals surface area contributed by atoms with Crippen molar-refractivity contribution in [3.8, 4) is 0 Å². The maximum Gasteiger partial charge on any atom is 0.172 e. The Morgan fingerprint density at radius 3 is 2.90 bits per heavy atom. The molecule has 21 heavy (non-hydrogen) atoms. The van der Waals surface area contributed by atoms with Crippen LogP contribution in [0.25, 0.3) is 5.52 Å². The number of nitrogens with two attached hydrogens (primary N) is 1. The van der Waals surface area contributed by atoms with Crippen LogP contribution in [0.4, 0.5) is 11.5 Å². The molecule has 0 spiro atoms. The first kappa shape index (κ1) is 12.9. The fourth-order valence-electron chi connectivity index (χ4n) is 2.25. The lowest BCUT2D eigenvalue weighted by atomic mass is 10.1. The fraction of sp³-hybridized carbons (Fsp3) is 0.0714. The highest BCUT2D eigenvalue weighted by Crippen LogP contribution is 2.28. The van der Waals surface area contributed by atoms with Crippen LogP contribution in [0.15, 0.2) is 54.1 Å². The lowest BCUT2D eigenvalue weighted by Crippen LogP contribution is -2.20. The van der Waals surface area contributed by atoms with Crippen molar-refractivity contribution in [2.24, 2.45) is 10.9 Å². The predicted molar refractivity (Wildman–Crippen MR) is 80.0 cm³/mol. The van der Waals surface area contributed by atoms with Crippen molar-refractivity contribution in [2.45, 2.75) is 0 Å². The average molecular weight is 282 g/mol. The van der Waals surface area contributed by atoms with Gasteiger partial charge in [0, 0.05) is 25.0 Å². The van der Waals surface area contributed by atoms with E-state index < -0.39 is 0 Å². The molecule has 0 radical (unpaired) electrons. The van der Waals surface area contributed by atoms with Crippen LogP contribution >= 0.6 is 0 Å². The van der Waals surface area contributed by atoms with Crippen molar-refractivity contribution >= 4 is 22.9 Å². The van der Waals surface area contributed by atoms with Crippen molar-refractivity contribution in [2.75, 3.05) is 11.9 Å². The molecule has 0 saturated heterocycles. The average Bonchev–Trinajstić information content (AvgIpc) is 3.02. The molecule has 0 aliphatic rings. The lowest BCUT2D eigenvalue weighted by Gasteiger charge is -2.21. The quantitative estimate of drug-likeness (QED) is 0.329. The molecule has 3 rings (SSSR count). The van der Waals surface area contributed by atoms with E-state index in [0.717, 1.165) is 17.0 Å². The van der Waals surface area contributed by atoms with Crippen molar-refractivity contribution in [1.29, 1.82) is 0 Å². The second-order valence-corrected chi connectivity index (χ2v) is 4.47. The molecular formula is C14H14N6O. The number of nitrogens with zero attached hydrogens (tertiary/aromatic N) is 5. The summed E-state index contributed by atoms with van der Waals surface area (Å²) in [4.78, 5) is 6.28. The number of para-hydroxylation sites is 1. The van der Waals surface area contributed by atoms with Gasteiger partial charge in [0.2, 0.25) is 0 Å². The van der Waals surface area contributed by atoms with Crippen LogP contribution in [0.2, 0.25) is 0 Å². The minimum absolute atomic E-state index is 0.0536. The molecule has 3 N–H and O–H groups in total. The summed E-state index contributed by atoms with van der Waals surface area (Å²) < 4.78 is 1.74. The Labute approximate surface area is 120 Å². The molecule has 2 aromatic heterocycles. The van der Waals surface area contributed by atoms with E-state index in [1.807, 2.05) is 36.2 Å². The number of rotatable bonds is 3. The first-order valence-corrected chi connectivity index (χ1v) is 6.31. The second kappa shape index (κ2) is 5.12. The number of fused-ring (bicyclic) bond motifs is 1. The zero-order chi connectivity index (χ0) is 14.8. The zero-order valence-corrected chi connectivity index (χ0v) is 11.4. The molecule has 7 nitrogen and oxygen atoms in total. The molecule has 0 amide bonds. The van der Waals surface area contributed by atoms with Gasteiger partial charge < -0.3 is 15.8 Å². The van der Waals surface area contributed by atoms with E-state index in [0.29, 0.717) is 5.56 Å². The summed E-state index contributed by atoms with van der Waals surface area (Å²) in [5.41, 5.74) is 8.03. The van der Waals surface area contributed by atoms with Crippen LogP contribution in [0, 0.1) is 0 Å². The Bertz CT molecular complexity index is 810. The highest BCUT2D eigenvalue weighted by Gasteiger charge is 2.15. The van der Waals surface area contributed by atoms with Crippen LogP contribution in [0.3, 0.4) is 0 Å². The number of aromatic nitrogens is 3. The number of amidine groups is 1. The maximum absolute atomic E-state index is 8.92. The van der Waals surface area contributed by atoms with E-state index in [1.165, 1.54) is 0 Å². The van der Waals surface area contributed by atoms with Crippen molar-refractivity contribution in [3.63, 3.8) is 0 Å². The van der Waals surface area contributed by atoms with Gasteiger partial charge in [0.05, 0.1) is 11.9 Å². The van der Waals surface area contributed by atoms with Gasteiger partial charge >= 0.3 is 0 Å². The molecule has 2 heterocycles. The normalized spacial score (nSPS) is 11.8. The molecule has 0 fully saturated rings. The smallest absolute Gasteiger partial charge is 0.172 e. The Hall–Kier alpha value is -3.09. The van der Waals surface area contributed by atoms with Crippen molar-refractivity contribution in [1.82, 2.24) is 14.6 Å². The van der Waals surface area contributed by atoms with Gasteiger partial charge in [-0.05, 0) is 18.2 Å². The molecule has 106 valence electrons. The Morgan fingerprint density at radius 1 is 1.29 bits per heavy atom. The van der Waals surface area contributed by atoms with E-state index in [1.54, 1.807) is 29.2 Å². The number of oxime groups is 1. The van der Waals surface area contributed by atoms with Crippen LogP contribution in [0.5, 0.6) is 0 Å². The summed E-state index contributed by atoms with van der Waals surface area (Å²) >= 11 is 0. The van der Waals surface area contributed by atoms with Crippen LogP contribution in [-0.2, 0) is 0 Å².